The maximum Gasteiger partial charge on any atom is 0.404 e. The minimum atomic E-state index is -2.77. The first kappa shape index (κ1) is 84.4. The molecule has 2 saturated heterocycles. The Morgan fingerprint density at radius 3 is 2.08 bits per heavy atom. The van der Waals surface area contributed by atoms with E-state index < -0.39 is 200 Å². The number of aromatic amines is 1. The van der Waals surface area contributed by atoms with Crippen LogP contribution in [0.3, 0.4) is 0 Å². The second-order valence-electron chi connectivity index (χ2n) is 23.6. The smallest absolute Gasteiger partial charge is 0.404 e. The monoisotopic (exact) mass is 1510 g/mol. The molecule has 8 amide bonds. The van der Waals surface area contributed by atoms with E-state index in [0.717, 1.165) is 24.7 Å². The normalized spacial score (nSPS) is 23.5. The second kappa shape index (κ2) is 40.0. The fourth-order valence-corrected chi connectivity index (χ4v) is 12.7. The predicted molar refractivity (Wildman–Crippen MR) is 355 cm³/mol. The van der Waals surface area contributed by atoms with Crippen LogP contribution in [0.2, 0.25) is 0 Å². The summed E-state index contributed by atoms with van der Waals surface area (Å²) in [6.07, 6.45) is -16.6. The van der Waals surface area contributed by atoms with Crippen LogP contribution >= 0.6 is 22.7 Å². The van der Waals surface area contributed by atoms with Gasteiger partial charge in [-0.25, -0.2) is 39.2 Å². The van der Waals surface area contributed by atoms with E-state index in [0.29, 0.717) is 22.3 Å². The van der Waals surface area contributed by atoms with Gasteiger partial charge in [-0.3, -0.25) is 33.6 Å². The van der Waals surface area contributed by atoms with Gasteiger partial charge < -0.3 is 130 Å². The number of nitrogens with one attached hydrogen (secondary N) is 7. The summed E-state index contributed by atoms with van der Waals surface area (Å²) in [5.41, 5.74) is 28.3. The van der Waals surface area contributed by atoms with E-state index in [1.165, 1.54) is 50.4 Å². The van der Waals surface area contributed by atoms with Crippen LogP contribution in [-0.2, 0) is 75.9 Å². The van der Waals surface area contributed by atoms with Crippen LogP contribution in [0.5, 0.6) is 0 Å². The molecule has 564 valence electrons. The van der Waals surface area contributed by atoms with Gasteiger partial charge >= 0.3 is 6.09 Å². The van der Waals surface area contributed by atoms with Crippen LogP contribution in [0, 0.1) is 18.8 Å². The molecule has 41 nitrogen and oxygen atoms in total. The van der Waals surface area contributed by atoms with Gasteiger partial charge in [-0.15, -0.1) is 27.0 Å². The Morgan fingerprint density at radius 1 is 0.822 bits per heavy atom. The van der Waals surface area contributed by atoms with Gasteiger partial charge in [-0.2, -0.15) is 0 Å². The van der Waals surface area contributed by atoms with Gasteiger partial charge in [0.25, 0.3) is 11.8 Å². The molecule has 2 aliphatic rings. The third kappa shape index (κ3) is 24.2. The number of thiazole rings is 2. The molecular formula is C56H87N17O24S4. The van der Waals surface area contributed by atoms with E-state index in [1.807, 2.05) is 0 Å². The van der Waals surface area contributed by atoms with E-state index >= 15 is 4.79 Å². The number of amides is 8. The van der Waals surface area contributed by atoms with Gasteiger partial charge in [-0.1, -0.05) is 6.92 Å². The predicted octanol–water partition coefficient (Wildman–Crippen LogP) is -7.77. The van der Waals surface area contributed by atoms with E-state index in [-0.39, 0.29) is 64.9 Å². The number of imidazole rings is 1. The summed E-state index contributed by atoms with van der Waals surface area (Å²) in [6.45, 7) is 3.39. The highest BCUT2D eigenvalue weighted by atomic mass is 32.2. The summed E-state index contributed by atoms with van der Waals surface area (Å²) in [4.78, 5) is 131. The van der Waals surface area contributed by atoms with Crippen molar-refractivity contribution in [2.75, 3.05) is 56.8 Å². The van der Waals surface area contributed by atoms with Crippen LogP contribution in [0.1, 0.15) is 95.2 Å². The van der Waals surface area contributed by atoms with E-state index in [2.05, 4.69) is 78.6 Å². The SMILES string of the molecule is Cc1c(N)nc(C(CC(N)=O)NCC(N)C(N)=O)nc1C(=O)NC(C(=O)NC(C)C(O)C(C)C(=O)NC(C(=O)NCCc1nc(-c2nc(C(=O)NCCC[S+](C)C)cs2)cs1)C(C)O)C(OC1OC(CO)C(O)C(O)C1CC1OC(CO)C(O)C(OC(N)=O)C1O)c1cnc[nH]1.O=S([O-])OO. The third-order valence-electron chi connectivity index (χ3n) is 15.9. The Morgan fingerprint density at radius 2 is 1.49 bits per heavy atom. The maximum atomic E-state index is 15.2. The largest absolute Gasteiger partial charge is 0.748 e. The van der Waals surface area contributed by atoms with Crippen molar-refractivity contribution in [1.82, 2.24) is 61.8 Å². The zero-order valence-electron chi connectivity index (χ0n) is 55.3. The number of nitrogen functional groups attached to an aromatic ring is 1. The molecule has 20 atom stereocenters. The number of rotatable bonds is 36. The highest BCUT2D eigenvalue weighted by molar-refractivity contribution is 7.95. The number of aliphatic hydroxyl groups excluding tert-OH is 8. The molecule has 6 rings (SSSR count). The maximum absolute atomic E-state index is 15.2. The number of aromatic nitrogens is 6. The third-order valence-corrected chi connectivity index (χ3v) is 18.9. The lowest BCUT2D eigenvalue weighted by molar-refractivity contribution is -0.310. The number of primary amides is 3. The molecule has 45 heteroatoms. The second-order valence-corrected chi connectivity index (χ2v) is 28.3. The van der Waals surface area contributed by atoms with Crippen molar-refractivity contribution < 1.29 is 117 Å². The highest BCUT2D eigenvalue weighted by Gasteiger charge is 2.53. The molecule has 4 aromatic rings. The van der Waals surface area contributed by atoms with E-state index in [9.17, 15) is 74.4 Å². The fraction of sp³-hybridized carbons (Fsp3) is 0.625. The van der Waals surface area contributed by atoms with Gasteiger partial charge in [0.05, 0.1) is 97.4 Å². The van der Waals surface area contributed by atoms with E-state index in [4.69, 9.17) is 61.6 Å². The van der Waals surface area contributed by atoms with Crippen LogP contribution in [0.4, 0.5) is 10.6 Å². The molecule has 6 heterocycles. The molecule has 4 aromatic heterocycles. The minimum absolute atomic E-state index is 0.00194. The lowest BCUT2D eigenvalue weighted by Gasteiger charge is -2.47. The average molecular weight is 1510 g/mol. The summed E-state index contributed by atoms with van der Waals surface area (Å²) >= 11 is -0.234. The fourth-order valence-electron chi connectivity index (χ4n) is 10.3. The van der Waals surface area contributed by atoms with Gasteiger partial charge in [0, 0.05) is 61.1 Å². The molecule has 0 spiro atoms. The Hall–Kier alpha value is -7.23. The van der Waals surface area contributed by atoms with Gasteiger partial charge in [0.2, 0.25) is 29.5 Å². The van der Waals surface area contributed by atoms with Crippen LogP contribution in [0.25, 0.3) is 10.7 Å². The molecule has 0 radical (unpaired) electrons. The van der Waals surface area contributed by atoms with Crippen molar-refractivity contribution in [3.8, 4) is 10.7 Å². The molecule has 2 fully saturated rings. The van der Waals surface area contributed by atoms with Crippen LogP contribution < -0.4 is 60.6 Å². The molecule has 0 aliphatic carbocycles. The zero-order valence-corrected chi connectivity index (χ0v) is 58.5. The number of hydrogen-bond acceptors (Lipinski definition) is 34. The Kier molecular flexibility index (Phi) is 33.4. The van der Waals surface area contributed by atoms with Crippen LogP contribution in [-0.4, -0.2) is 275 Å². The quantitative estimate of drug-likeness (QED) is 0.00661. The molecule has 26 N–H and O–H groups in total. The summed E-state index contributed by atoms with van der Waals surface area (Å²) < 4.78 is 43.8. The molecule has 0 saturated carbocycles. The number of H-pyrrole nitrogens is 1. The van der Waals surface area contributed by atoms with Crippen molar-refractivity contribution >= 4 is 98.2 Å². The van der Waals surface area contributed by atoms with Crippen molar-refractivity contribution in [3.05, 3.63) is 56.8 Å². The average Bonchev–Trinajstić information content (AvgIpc) is 1.48. The van der Waals surface area contributed by atoms with Crippen molar-refractivity contribution in [3.63, 3.8) is 0 Å². The number of hydrogen-bond donors (Lipinski definition) is 21. The molecule has 0 aromatic carbocycles. The molecule has 0 bridgehead atoms. The Bertz CT molecular complexity index is 3420. The van der Waals surface area contributed by atoms with E-state index in [1.54, 1.807) is 10.8 Å². The zero-order chi connectivity index (χ0) is 75.3. The number of ether oxygens (including phenoxy) is 4. The standard InChI is InChI=1S/C56H85N17O20S3.H2O4S/c1-21-36(70-48(73-46(21)59)27(13-34(58)77)65-14-26(57)47(60)83)52(87)72-38(44(28-15-62-20-66-28)92-55-25(40(79)41(80)32(16-74)91-55)12-31-42(81)45(93-56(61)89)43(82)33(17-75)90-31)53(88)67-23(3)39(78)22(2)49(84)71-37(24(4)76)51(86)64-10-8-35-68-30(19-94-35)54-69-29(18-95-54)50(85)63-9-7-11-96(5)6;1-4-5(2)3/h15,18-20,22-27,31-33,37-45,55,65,74-76,78-82H,7-14,16-17,57H2,1-6H3,(H13-,58,59,60,61,62,63,64,66,67,70,71,72,73,77,83,84,85,86,87,88,89);1H,(H,2,3). The molecule has 2 aliphatic heterocycles. The minimum Gasteiger partial charge on any atom is -0.748 e. The van der Waals surface area contributed by atoms with Crippen LogP contribution in [0.15, 0.2) is 23.3 Å². The van der Waals surface area contributed by atoms with Gasteiger partial charge in [0.15, 0.2) is 12.4 Å². The van der Waals surface area contributed by atoms with Crippen molar-refractivity contribution in [2.24, 2.45) is 34.8 Å². The highest BCUT2D eigenvalue weighted by Crippen LogP contribution is 2.38. The lowest BCUT2D eigenvalue weighted by Crippen LogP contribution is -2.63. The molecule has 20 unspecified atom stereocenters. The number of nitrogens with zero attached hydrogens (tertiary/aromatic N) is 5. The van der Waals surface area contributed by atoms with Crippen molar-refractivity contribution in [1.29, 1.82) is 0 Å². The summed E-state index contributed by atoms with van der Waals surface area (Å²) in [5, 5.41) is 116. The number of aliphatic hydroxyl groups is 8. The number of carbonyl (C=O) groups excluding carboxylic acids is 8. The first-order chi connectivity index (χ1) is 47.6. The summed E-state index contributed by atoms with van der Waals surface area (Å²) in [6, 6.07) is -7.73. The lowest BCUT2D eigenvalue weighted by atomic mass is 9.83. The number of carbonyl (C=O) groups is 8. The first-order valence-corrected chi connectivity index (χ1v) is 35.8. The number of anilines is 1. The summed E-state index contributed by atoms with van der Waals surface area (Å²) in [7, 11) is 0.256. The van der Waals surface area contributed by atoms with Gasteiger partial charge in [0.1, 0.15) is 99.6 Å². The molecular weight excluding hydrogens is 1420 g/mol. The summed E-state index contributed by atoms with van der Waals surface area (Å²) in [5.74, 6) is -9.14. The molecule has 101 heavy (non-hydrogen) atoms. The van der Waals surface area contributed by atoms with Gasteiger partial charge in [-0.05, 0) is 38.1 Å². The van der Waals surface area contributed by atoms with Crippen molar-refractivity contribution in [2.45, 2.75) is 157 Å². The number of nitrogens with two attached hydrogens (primary N) is 5. The first-order valence-electron chi connectivity index (χ1n) is 30.9. The Balaban J connectivity index is 0.00000354. The topological polar surface area (TPSA) is 687 Å². The Labute approximate surface area is 589 Å².